The van der Waals surface area contributed by atoms with Crippen LogP contribution >= 0.6 is 0 Å². The van der Waals surface area contributed by atoms with Crippen LogP contribution in [0, 0.1) is 0 Å². The van der Waals surface area contributed by atoms with Gasteiger partial charge in [0.05, 0.1) is 32.8 Å². The fourth-order valence-electron chi connectivity index (χ4n) is 8.82. The van der Waals surface area contributed by atoms with Crippen molar-refractivity contribution in [3.63, 3.8) is 0 Å². The van der Waals surface area contributed by atoms with E-state index < -0.39 is 0 Å². The summed E-state index contributed by atoms with van der Waals surface area (Å²) in [5.74, 6) is 0. The van der Waals surface area contributed by atoms with Crippen molar-refractivity contribution in [3.8, 4) is 22.5 Å². The summed E-state index contributed by atoms with van der Waals surface area (Å²) in [5, 5.41) is 7.10. The zero-order valence-electron chi connectivity index (χ0n) is 26.7. The highest BCUT2D eigenvalue weighted by Crippen LogP contribution is 2.52. The Morgan fingerprint density at radius 3 is 1.79 bits per heavy atom. The largest absolute Gasteiger partial charge is 0.455 e. The molecule has 7 aromatic carbocycles. The molecule has 0 unspecified atom stereocenters. The first-order chi connectivity index (χ1) is 23.6. The van der Waals surface area contributed by atoms with Crippen LogP contribution in [-0.2, 0) is 5.41 Å². The number of rotatable bonds is 2. The SMILES string of the molecule is CC1(C)c2ccccc2-c2ccc(-n3c4ccccc4c4c5c(c6ccccc6n5-c5ccccc5)c5oc6ccccc6c5c43)cc21. The lowest BCUT2D eigenvalue weighted by Gasteiger charge is -2.22. The summed E-state index contributed by atoms with van der Waals surface area (Å²) in [4.78, 5) is 0. The normalized spacial score (nSPS) is 13.8. The molecular formula is C45H30N2O. The molecule has 0 radical (unpaired) electrons. The topological polar surface area (TPSA) is 23.0 Å². The first kappa shape index (κ1) is 26.1. The van der Waals surface area contributed by atoms with E-state index in [0.717, 1.165) is 38.7 Å². The molecule has 0 saturated carbocycles. The quantitative estimate of drug-likeness (QED) is 0.190. The summed E-state index contributed by atoms with van der Waals surface area (Å²) in [7, 11) is 0. The van der Waals surface area contributed by atoms with E-state index in [2.05, 4.69) is 169 Å². The van der Waals surface area contributed by atoms with Crippen molar-refractivity contribution in [1.82, 2.24) is 9.13 Å². The Bertz CT molecular complexity index is 2970. The number of hydrogen-bond donors (Lipinski definition) is 0. The van der Waals surface area contributed by atoms with Crippen LogP contribution in [0.4, 0.5) is 0 Å². The predicted octanol–water partition coefficient (Wildman–Crippen LogP) is 12.1. The van der Waals surface area contributed by atoms with Crippen molar-refractivity contribution < 1.29 is 4.42 Å². The van der Waals surface area contributed by atoms with Gasteiger partial charge in [0.2, 0.25) is 0 Å². The number of furan rings is 1. The van der Waals surface area contributed by atoms with Gasteiger partial charge in [0, 0.05) is 38.3 Å². The Hall–Kier alpha value is -6.06. The van der Waals surface area contributed by atoms with Gasteiger partial charge in [0.25, 0.3) is 0 Å². The van der Waals surface area contributed by atoms with E-state index in [9.17, 15) is 0 Å². The highest BCUT2D eigenvalue weighted by molar-refractivity contribution is 6.39. The zero-order chi connectivity index (χ0) is 31.7. The molecule has 226 valence electrons. The van der Waals surface area contributed by atoms with Gasteiger partial charge in [-0.25, -0.2) is 0 Å². The minimum absolute atomic E-state index is 0.106. The van der Waals surface area contributed by atoms with Crippen molar-refractivity contribution in [2.45, 2.75) is 19.3 Å². The molecule has 1 aliphatic carbocycles. The molecule has 0 spiro atoms. The fraction of sp³-hybridized carbons (Fsp3) is 0.0667. The van der Waals surface area contributed by atoms with Crippen LogP contribution in [0.3, 0.4) is 0 Å². The van der Waals surface area contributed by atoms with Crippen molar-refractivity contribution in [2.24, 2.45) is 0 Å². The number of hydrogen-bond acceptors (Lipinski definition) is 1. The number of benzene rings is 7. The minimum Gasteiger partial charge on any atom is -0.455 e. The lowest BCUT2D eigenvalue weighted by atomic mass is 9.82. The Labute approximate surface area is 276 Å². The Morgan fingerprint density at radius 2 is 1.02 bits per heavy atom. The standard InChI is InChI=1S/C45H30N2O/c1-45(2)34-20-10-6-16-29(34)30-25-24-28(26-35(30)45)47-36-21-11-7-17-31(36)39-42-40(44-41(43(39)47)33-19-9-13-23-38(33)48-44)32-18-8-12-22-37(32)46(42)27-14-4-3-5-15-27/h3-26H,1-2H3. The second kappa shape index (κ2) is 9.05. The smallest absolute Gasteiger partial charge is 0.147 e. The number of aromatic nitrogens is 2. The van der Waals surface area contributed by atoms with Crippen LogP contribution < -0.4 is 0 Å². The fourth-order valence-corrected chi connectivity index (χ4v) is 8.82. The minimum atomic E-state index is -0.106. The first-order valence-electron chi connectivity index (χ1n) is 16.7. The highest BCUT2D eigenvalue weighted by atomic mass is 16.3. The summed E-state index contributed by atoms with van der Waals surface area (Å²) in [6.45, 7) is 4.72. The molecule has 0 aliphatic heterocycles. The van der Waals surface area contributed by atoms with Gasteiger partial charge < -0.3 is 13.6 Å². The van der Waals surface area contributed by atoms with E-state index >= 15 is 0 Å². The average Bonchev–Trinajstić information content (AvgIpc) is 3.84. The maximum atomic E-state index is 6.94. The van der Waals surface area contributed by atoms with Gasteiger partial charge in [0.1, 0.15) is 11.2 Å². The zero-order valence-corrected chi connectivity index (χ0v) is 26.7. The van der Waals surface area contributed by atoms with Crippen molar-refractivity contribution in [3.05, 3.63) is 157 Å². The van der Waals surface area contributed by atoms with E-state index in [0.29, 0.717) is 0 Å². The molecule has 11 rings (SSSR count). The Balaban J connectivity index is 1.40. The van der Waals surface area contributed by atoms with E-state index in [1.165, 1.54) is 60.5 Å². The Morgan fingerprint density at radius 1 is 0.458 bits per heavy atom. The van der Waals surface area contributed by atoms with Crippen LogP contribution in [0.15, 0.2) is 150 Å². The first-order valence-corrected chi connectivity index (χ1v) is 16.7. The van der Waals surface area contributed by atoms with Crippen LogP contribution in [0.25, 0.3) is 88.1 Å². The molecule has 3 heteroatoms. The van der Waals surface area contributed by atoms with Crippen LogP contribution in [0.1, 0.15) is 25.0 Å². The maximum Gasteiger partial charge on any atom is 0.147 e. The Kier molecular flexibility index (Phi) is 4.91. The van der Waals surface area contributed by atoms with Gasteiger partial charge in [-0.1, -0.05) is 117 Å². The number of fused-ring (bicyclic) bond motifs is 15. The average molecular weight is 615 g/mol. The molecule has 3 heterocycles. The predicted molar refractivity (Wildman–Crippen MR) is 200 cm³/mol. The van der Waals surface area contributed by atoms with Gasteiger partial charge in [-0.2, -0.15) is 0 Å². The molecule has 0 N–H and O–H groups in total. The molecule has 48 heavy (non-hydrogen) atoms. The molecule has 1 aliphatic rings. The molecule has 0 atom stereocenters. The molecule has 10 aromatic rings. The van der Waals surface area contributed by atoms with Gasteiger partial charge in [-0.15, -0.1) is 0 Å². The molecular weight excluding hydrogens is 585 g/mol. The number of para-hydroxylation sites is 4. The molecule has 0 amide bonds. The molecule has 0 bridgehead atoms. The number of nitrogens with zero attached hydrogens (tertiary/aromatic N) is 2. The van der Waals surface area contributed by atoms with Crippen molar-refractivity contribution >= 4 is 65.6 Å². The third kappa shape index (κ3) is 3.14. The second-order valence-corrected chi connectivity index (χ2v) is 13.7. The molecule has 3 nitrogen and oxygen atoms in total. The van der Waals surface area contributed by atoms with E-state index in [4.69, 9.17) is 4.42 Å². The van der Waals surface area contributed by atoms with Crippen LogP contribution in [0.5, 0.6) is 0 Å². The van der Waals surface area contributed by atoms with E-state index in [-0.39, 0.29) is 5.41 Å². The lowest BCUT2D eigenvalue weighted by Crippen LogP contribution is -2.15. The van der Waals surface area contributed by atoms with Gasteiger partial charge >= 0.3 is 0 Å². The monoisotopic (exact) mass is 614 g/mol. The van der Waals surface area contributed by atoms with E-state index in [1.54, 1.807) is 0 Å². The summed E-state index contributed by atoms with van der Waals surface area (Å²) >= 11 is 0. The lowest BCUT2D eigenvalue weighted by molar-refractivity contribution is 0.660. The summed E-state index contributed by atoms with van der Waals surface area (Å²) in [6, 6.07) is 52.9. The van der Waals surface area contributed by atoms with Crippen molar-refractivity contribution in [2.75, 3.05) is 0 Å². The highest BCUT2D eigenvalue weighted by Gasteiger charge is 2.36. The van der Waals surface area contributed by atoms with Gasteiger partial charge in [-0.05, 0) is 64.7 Å². The van der Waals surface area contributed by atoms with Crippen LogP contribution in [-0.4, -0.2) is 9.13 Å². The molecule has 0 saturated heterocycles. The van der Waals surface area contributed by atoms with E-state index in [1.807, 2.05) is 0 Å². The van der Waals surface area contributed by atoms with Gasteiger partial charge in [-0.3, -0.25) is 0 Å². The summed E-state index contributed by atoms with van der Waals surface area (Å²) in [5.41, 5.74) is 14.1. The van der Waals surface area contributed by atoms with Crippen LogP contribution in [0.2, 0.25) is 0 Å². The third-order valence-corrected chi connectivity index (χ3v) is 10.9. The maximum absolute atomic E-state index is 6.94. The third-order valence-electron chi connectivity index (χ3n) is 10.9. The summed E-state index contributed by atoms with van der Waals surface area (Å²) in [6.07, 6.45) is 0. The van der Waals surface area contributed by atoms with Crippen molar-refractivity contribution in [1.29, 1.82) is 0 Å². The molecule has 3 aromatic heterocycles. The molecule has 0 fully saturated rings. The summed E-state index contributed by atoms with van der Waals surface area (Å²) < 4.78 is 11.9. The van der Waals surface area contributed by atoms with Gasteiger partial charge in [0.15, 0.2) is 0 Å². The second-order valence-electron chi connectivity index (χ2n) is 13.7.